The highest BCUT2D eigenvalue weighted by Crippen LogP contribution is 2.11. The Labute approximate surface area is 93.9 Å². The zero-order chi connectivity index (χ0) is 12.6. The summed E-state index contributed by atoms with van der Waals surface area (Å²) in [6, 6.07) is 4.83. The lowest BCUT2D eigenvalue weighted by Gasteiger charge is -1.99. The van der Waals surface area contributed by atoms with Crippen LogP contribution in [0.15, 0.2) is 29.1 Å². The van der Waals surface area contributed by atoms with E-state index in [9.17, 15) is 18.0 Å². The van der Waals surface area contributed by atoms with E-state index in [4.69, 9.17) is 0 Å². The van der Waals surface area contributed by atoms with Gasteiger partial charge in [0.2, 0.25) is 0 Å². The number of hydrogen-bond acceptors (Lipinski definition) is 2. The average Bonchev–Trinajstić information content (AvgIpc) is 2.55. The van der Waals surface area contributed by atoms with E-state index in [0.29, 0.717) is 0 Å². The molecule has 0 unspecified atom stereocenters. The molecule has 0 bridgehead atoms. The molecule has 17 heavy (non-hydrogen) atoms. The average molecular weight is 243 g/mol. The van der Waals surface area contributed by atoms with E-state index < -0.39 is 18.1 Å². The molecule has 90 valence electrons. The Morgan fingerprint density at radius 1 is 1.24 bits per heavy atom. The molecule has 0 radical (unpaired) electrons. The Balaban J connectivity index is 2.58. The first-order valence-electron chi connectivity index (χ1n) is 4.73. The van der Waals surface area contributed by atoms with Gasteiger partial charge >= 0.3 is 12.2 Å². The zero-order valence-electron chi connectivity index (χ0n) is 8.77. The summed E-state index contributed by atoms with van der Waals surface area (Å²) >= 11 is 0. The topological polar surface area (TPSA) is 39.8 Å². The number of benzene rings is 1. The fourth-order valence-corrected chi connectivity index (χ4v) is 1.45. The molecule has 7 heteroatoms. The van der Waals surface area contributed by atoms with Crippen molar-refractivity contribution in [2.75, 3.05) is 0 Å². The first-order valence-corrected chi connectivity index (χ1v) is 4.73. The van der Waals surface area contributed by atoms with Gasteiger partial charge in [0.25, 0.3) is 0 Å². The van der Waals surface area contributed by atoms with Gasteiger partial charge < -0.3 is 0 Å². The molecule has 0 aliphatic heterocycles. The van der Waals surface area contributed by atoms with Crippen LogP contribution in [0.5, 0.6) is 0 Å². The van der Waals surface area contributed by atoms with Gasteiger partial charge in [0.15, 0.2) is 0 Å². The molecule has 0 aliphatic carbocycles. The third-order valence-electron chi connectivity index (χ3n) is 2.25. The largest absolute Gasteiger partial charge is 0.355 e. The molecule has 0 saturated heterocycles. The third kappa shape index (κ3) is 1.95. The molecule has 1 aromatic carbocycles. The van der Waals surface area contributed by atoms with E-state index in [1.54, 1.807) is 0 Å². The molecule has 0 atom stereocenters. The summed E-state index contributed by atoms with van der Waals surface area (Å²) in [6.07, 6.45) is 0. The van der Waals surface area contributed by atoms with E-state index in [1.165, 1.54) is 19.1 Å². The van der Waals surface area contributed by atoms with Crippen LogP contribution < -0.4 is 5.69 Å². The van der Waals surface area contributed by atoms with Crippen molar-refractivity contribution in [2.24, 2.45) is 0 Å². The lowest BCUT2D eigenvalue weighted by Crippen LogP contribution is -2.24. The van der Waals surface area contributed by atoms with E-state index >= 15 is 0 Å². The van der Waals surface area contributed by atoms with E-state index in [2.05, 4.69) is 5.10 Å². The number of aromatic nitrogens is 3. The van der Waals surface area contributed by atoms with Crippen LogP contribution in [0.2, 0.25) is 0 Å². The molecule has 0 spiro atoms. The van der Waals surface area contributed by atoms with Gasteiger partial charge in [-0.25, -0.2) is 13.8 Å². The molecule has 0 amide bonds. The minimum atomic E-state index is -2.95. The Bertz CT molecular complexity index is 586. The second-order valence-corrected chi connectivity index (χ2v) is 3.37. The van der Waals surface area contributed by atoms with Crippen LogP contribution >= 0.6 is 0 Å². The summed E-state index contributed by atoms with van der Waals surface area (Å²) in [5.74, 6) is -0.582. The van der Waals surface area contributed by atoms with Gasteiger partial charge in [-0.1, -0.05) is 0 Å². The molecule has 0 fully saturated rings. The maximum Gasteiger partial charge on any atom is 0.355 e. The van der Waals surface area contributed by atoms with Gasteiger partial charge in [-0.2, -0.15) is 18.6 Å². The second kappa shape index (κ2) is 4.08. The molecule has 4 nitrogen and oxygen atoms in total. The Kier molecular flexibility index (Phi) is 2.74. The predicted molar refractivity (Wildman–Crippen MR) is 53.8 cm³/mol. The van der Waals surface area contributed by atoms with Crippen LogP contribution in [0.4, 0.5) is 13.2 Å². The normalized spacial score (nSPS) is 11.1. The van der Waals surface area contributed by atoms with Crippen molar-refractivity contribution in [1.82, 2.24) is 14.3 Å². The summed E-state index contributed by atoms with van der Waals surface area (Å²) < 4.78 is 38.8. The van der Waals surface area contributed by atoms with Crippen molar-refractivity contribution in [3.8, 4) is 5.69 Å². The lowest BCUT2D eigenvalue weighted by atomic mass is 10.3. The smallest absolute Gasteiger partial charge is 0.245 e. The minimum absolute atomic E-state index is 0.102. The Morgan fingerprint density at radius 3 is 2.29 bits per heavy atom. The maximum atomic E-state index is 12.7. The van der Waals surface area contributed by atoms with E-state index in [0.717, 1.165) is 16.8 Å². The van der Waals surface area contributed by atoms with Gasteiger partial charge in [0.1, 0.15) is 11.6 Å². The van der Waals surface area contributed by atoms with Crippen molar-refractivity contribution in [1.29, 1.82) is 0 Å². The highest BCUT2D eigenvalue weighted by Gasteiger charge is 2.17. The highest BCUT2D eigenvalue weighted by atomic mass is 19.3. The van der Waals surface area contributed by atoms with Crippen molar-refractivity contribution < 1.29 is 13.2 Å². The maximum absolute atomic E-state index is 12.7. The van der Waals surface area contributed by atoms with Gasteiger partial charge in [-0.3, -0.25) is 0 Å². The number of halogens is 3. The van der Waals surface area contributed by atoms with Crippen LogP contribution in [0, 0.1) is 12.7 Å². The van der Waals surface area contributed by atoms with Crippen LogP contribution in [0.3, 0.4) is 0 Å². The monoisotopic (exact) mass is 243 g/mol. The number of nitrogens with zero attached hydrogens (tertiary/aromatic N) is 3. The quantitative estimate of drug-likeness (QED) is 0.807. The molecule has 2 rings (SSSR count). The van der Waals surface area contributed by atoms with E-state index in [1.807, 2.05) is 0 Å². The van der Waals surface area contributed by atoms with Crippen LogP contribution in [0.1, 0.15) is 12.4 Å². The van der Waals surface area contributed by atoms with Gasteiger partial charge in [0.05, 0.1) is 5.69 Å². The lowest BCUT2D eigenvalue weighted by molar-refractivity contribution is 0.0640. The molecule has 0 N–H and O–H groups in total. The zero-order valence-corrected chi connectivity index (χ0v) is 8.77. The number of rotatable bonds is 2. The number of alkyl halides is 2. The third-order valence-corrected chi connectivity index (χ3v) is 2.25. The Morgan fingerprint density at radius 2 is 1.82 bits per heavy atom. The van der Waals surface area contributed by atoms with Crippen LogP contribution in [-0.2, 0) is 0 Å². The first kappa shape index (κ1) is 11.4. The second-order valence-electron chi connectivity index (χ2n) is 3.37. The molecule has 1 heterocycles. The summed E-state index contributed by atoms with van der Waals surface area (Å²) in [7, 11) is 0. The van der Waals surface area contributed by atoms with Gasteiger partial charge in [-0.05, 0) is 31.2 Å². The minimum Gasteiger partial charge on any atom is -0.245 e. The SMILES string of the molecule is Cc1nn(-c2ccc(F)cc2)c(=O)n1C(F)F. The van der Waals surface area contributed by atoms with Crippen LogP contribution in [-0.4, -0.2) is 14.3 Å². The number of hydrogen-bond donors (Lipinski definition) is 0. The summed E-state index contributed by atoms with van der Waals surface area (Å²) in [4.78, 5) is 11.6. The standard InChI is InChI=1S/C10H8F3N3O/c1-6-14-16(10(17)15(6)9(12)13)8-4-2-7(11)3-5-8/h2-5,9H,1H3. The molecule has 2 aromatic rings. The fourth-order valence-electron chi connectivity index (χ4n) is 1.45. The summed E-state index contributed by atoms with van der Waals surface area (Å²) in [5.41, 5.74) is -0.719. The molecule has 1 aromatic heterocycles. The highest BCUT2D eigenvalue weighted by molar-refractivity contribution is 5.30. The fraction of sp³-hybridized carbons (Fsp3) is 0.200. The summed E-state index contributed by atoms with van der Waals surface area (Å²) in [5, 5.41) is 3.70. The van der Waals surface area contributed by atoms with Crippen molar-refractivity contribution in [2.45, 2.75) is 13.5 Å². The number of aryl methyl sites for hydroxylation is 1. The Hall–Kier alpha value is -2.05. The van der Waals surface area contributed by atoms with Crippen molar-refractivity contribution in [3.63, 3.8) is 0 Å². The van der Waals surface area contributed by atoms with Gasteiger partial charge in [-0.15, -0.1) is 0 Å². The predicted octanol–water partition coefficient (Wildman–Crippen LogP) is 1.88. The van der Waals surface area contributed by atoms with Crippen molar-refractivity contribution in [3.05, 3.63) is 46.4 Å². The molecular weight excluding hydrogens is 235 g/mol. The van der Waals surface area contributed by atoms with Crippen molar-refractivity contribution >= 4 is 0 Å². The van der Waals surface area contributed by atoms with Gasteiger partial charge in [0, 0.05) is 0 Å². The summed E-state index contributed by atoms with van der Waals surface area (Å²) in [6.45, 7) is -1.65. The van der Waals surface area contributed by atoms with E-state index in [-0.39, 0.29) is 16.1 Å². The first-order chi connectivity index (χ1) is 8.00. The molecule has 0 saturated carbocycles. The molecule has 0 aliphatic rings. The molecular formula is C10H8F3N3O. The van der Waals surface area contributed by atoms with Crippen LogP contribution in [0.25, 0.3) is 5.69 Å².